The first-order chi connectivity index (χ1) is 9.70. The van der Waals surface area contributed by atoms with Gasteiger partial charge < -0.3 is 19.7 Å². The van der Waals surface area contributed by atoms with Crippen molar-refractivity contribution in [1.82, 2.24) is 10.2 Å². The van der Waals surface area contributed by atoms with Gasteiger partial charge in [0.05, 0.1) is 12.7 Å². The van der Waals surface area contributed by atoms with Gasteiger partial charge >= 0.3 is 0 Å². The maximum Gasteiger partial charge on any atom is 0.253 e. The first-order valence-electron chi connectivity index (χ1n) is 6.86. The van der Waals surface area contributed by atoms with E-state index in [0.717, 1.165) is 18.7 Å². The lowest BCUT2D eigenvalue weighted by Gasteiger charge is -2.30. The van der Waals surface area contributed by atoms with Crippen LogP contribution in [0, 0.1) is 0 Å². The average Bonchev–Trinajstić information content (AvgIpc) is 2.47. The molecule has 1 aliphatic rings. The molecule has 5 nitrogen and oxygen atoms in total. The molecular formula is C15H22N2O3. The number of morpholine rings is 1. The highest BCUT2D eigenvalue weighted by Crippen LogP contribution is 2.16. The van der Waals surface area contributed by atoms with E-state index in [-0.39, 0.29) is 12.0 Å². The quantitative estimate of drug-likeness (QED) is 0.866. The summed E-state index contributed by atoms with van der Waals surface area (Å²) in [6.07, 6.45) is -0.525. The third-order valence-electron chi connectivity index (χ3n) is 3.42. The minimum atomic E-state index is -0.572. The second-order valence-electron chi connectivity index (χ2n) is 5.03. The number of likely N-dealkylation sites (N-methyl/N-ethyl adjacent to an activating group) is 1. The second-order valence-corrected chi connectivity index (χ2v) is 5.03. The molecule has 0 spiro atoms. The largest absolute Gasteiger partial charge is 0.374 e. The van der Waals surface area contributed by atoms with E-state index in [9.17, 15) is 4.79 Å². The summed E-state index contributed by atoms with van der Waals surface area (Å²) in [6, 6.07) is 9.48. The highest BCUT2D eigenvalue weighted by atomic mass is 16.5. The van der Waals surface area contributed by atoms with Crippen molar-refractivity contribution in [3.63, 3.8) is 0 Å². The zero-order chi connectivity index (χ0) is 14.4. The van der Waals surface area contributed by atoms with Crippen LogP contribution in [-0.2, 0) is 14.3 Å². The van der Waals surface area contributed by atoms with Crippen molar-refractivity contribution < 1.29 is 14.3 Å². The Morgan fingerprint density at radius 1 is 1.50 bits per heavy atom. The maximum atomic E-state index is 12.2. The van der Waals surface area contributed by atoms with Gasteiger partial charge in [0.2, 0.25) is 0 Å². The van der Waals surface area contributed by atoms with E-state index in [0.29, 0.717) is 13.2 Å². The third kappa shape index (κ3) is 4.03. The summed E-state index contributed by atoms with van der Waals surface area (Å²) >= 11 is 0. The molecule has 1 saturated heterocycles. The summed E-state index contributed by atoms with van der Waals surface area (Å²) in [6.45, 7) is 3.00. The second kappa shape index (κ2) is 7.38. The molecule has 0 aliphatic carbocycles. The number of carbonyl (C=O) groups excluding carboxylic acids is 1. The van der Waals surface area contributed by atoms with E-state index in [4.69, 9.17) is 9.47 Å². The fourth-order valence-corrected chi connectivity index (χ4v) is 2.32. The van der Waals surface area contributed by atoms with Crippen molar-refractivity contribution in [2.45, 2.75) is 12.2 Å². The Balaban J connectivity index is 1.87. The molecule has 2 atom stereocenters. The normalized spacial score (nSPS) is 21.4. The van der Waals surface area contributed by atoms with Crippen molar-refractivity contribution in [2.24, 2.45) is 0 Å². The molecule has 0 radical (unpaired) electrons. The molecule has 5 heteroatoms. The van der Waals surface area contributed by atoms with E-state index in [2.05, 4.69) is 17.3 Å². The smallest absolute Gasteiger partial charge is 0.253 e. The van der Waals surface area contributed by atoms with Gasteiger partial charge in [-0.2, -0.15) is 0 Å². The van der Waals surface area contributed by atoms with E-state index >= 15 is 0 Å². The van der Waals surface area contributed by atoms with Crippen LogP contribution in [0.25, 0.3) is 0 Å². The summed E-state index contributed by atoms with van der Waals surface area (Å²) in [7, 11) is 3.60. The number of hydrogen-bond acceptors (Lipinski definition) is 4. The van der Waals surface area contributed by atoms with Crippen LogP contribution in [0.15, 0.2) is 30.3 Å². The number of carbonyl (C=O) groups is 1. The Hall–Kier alpha value is -1.43. The molecule has 0 unspecified atom stereocenters. The summed E-state index contributed by atoms with van der Waals surface area (Å²) < 4.78 is 10.9. The Bertz CT molecular complexity index is 424. The van der Waals surface area contributed by atoms with Crippen LogP contribution in [-0.4, -0.2) is 57.3 Å². The molecule has 1 aromatic carbocycles. The zero-order valence-electron chi connectivity index (χ0n) is 12.0. The lowest BCUT2D eigenvalue weighted by molar-refractivity contribution is -0.132. The molecule has 110 valence electrons. The van der Waals surface area contributed by atoms with Gasteiger partial charge in [-0.1, -0.05) is 30.3 Å². The Kier molecular flexibility index (Phi) is 5.52. The van der Waals surface area contributed by atoms with Gasteiger partial charge in [0, 0.05) is 26.7 Å². The minimum Gasteiger partial charge on any atom is -0.374 e. The monoisotopic (exact) mass is 278 g/mol. The maximum absolute atomic E-state index is 12.2. The van der Waals surface area contributed by atoms with Gasteiger partial charge in [-0.3, -0.25) is 4.79 Å². The van der Waals surface area contributed by atoms with Gasteiger partial charge in [0.1, 0.15) is 0 Å². The predicted molar refractivity (Wildman–Crippen MR) is 76.4 cm³/mol. The number of benzene rings is 1. The van der Waals surface area contributed by atoms with Gasteiger partial charge in [-0.25, -0.2) is 0 Å². The summed E-state index contributed by atoms with van der Waals surface area (Å²) in [4.78, 5) is 14.4. The molecular weight excluding hydrogens is 256 g/mol. The van der Waals surface area contributed by atoms with Crippen LogP contribution in [0.2, 0.25) is 0 Å². The standard InChI is InChI=1S/C15H22N2O3/c1-17-8-9-20-13(11-17)10-16-15(18)14(19-2)12-6-4-3-5-7-12/h3-7,13-14H,8-11H2,1-2H3,(H,16,18)/t13-,14+/m1/s1. The molecule has 0 saturated carbocycles. The van der Waals surface area contributed by atoms with Gasteiger partial charge in [-0.15, -0.1) is 0 Å². The minimum absolute atomic E-state index is 0.0472. The molecule has 0 bridgehead atoms. The molecule has 20 heavy (non-hydrogen) atoms. The summed E-state index contributed by atoms with van der Waals surface area (Å²) in [5, 5.41) is 2.91. The van der Waals surface area contributed by atoms with Crippen LogP contribution < -0.4 is 5.32 Å². The third-order valence-corrected chi connectivity index (χ3v) is 3.42. The fourth-order valence-electron chi connectivity index (χ4n) is 2.32. The lowest BCUT2D eigenvalue weighted by atomic mass is 10.1. The van der Waals surface area contributed by atoms with Gasteiger partial charge in [-0.05, 0) is 12.6 Å². The molecule has 0 aromatic heterocycles. The Morgan fingerprint density at radius 2 is 2.25 bits per heavy atom. The van der Waals surface area contributed by atoms with Crippen LogP contribution in [0.5, 0.6) is 0 Å². The number of nitrogens with zero attached hydrogens (tertiary/aromatic N) is 1. The first kappa shape index (κ1) is 15.0. The average molecular weight is 278 g/mol. The van der Waals surface area contributed by atoms with Crippen molar-refractivity contribution in [2.75, 3.05) is 40.4 Å². The molecule has 1 aliphatic heterocycles. The van der Waals surface area contributed by atoms with Crippen molar-refractivity contribution in [3.8, 4) is 0 Å². The van der Waals surface area contributed by atoms with Gasteiger partial charge in [0.25, 0.3) is 5.91 Å². The van der Waals surface area contributed by atoms with Crippen molar-refractivity contribution in [1.29, 1.82) is 0 Å². The van der Waals surface area contributed by atoms with Crippen molar-refractivity contribution >= 4 is 5.91 Å². The number of rotatable bonds is 5. The molecule has 1 amide bonds. The lowest BCUT2D eigenvalue weighted by Crippen LogP contribution is -2.46. The van der Waals surface area contributed by atoms with E-state index < -0.39 is 6.10 Å². The van der Waals surface area contributed by atoms with Crippen LogP contribution in [0.4, 0.5) is 0 Å². The molecule has 1 N–H and O–H groups in total. The summed E-state index contributed by atoms with van der Waals surface area (Å²) in [5.74, 6) is -0.129. The molecule has 2 rings (SSSR count). The SMILES string of the molecule is CO[C@H](C(=O)NC[C@@H]1CN(C)CCO1)c1ccccc1. The first-order valence-corrected chi connectivity index (χ1v) is 6.86. The van der Waals surface area contributed by atoms with Gasteiger partial charge in [0.15, 0.2) is 6.10 Å². The molecule has 1 heterocycles. The summed E-state index contributed by atoms with van der Waals surface area (Å²) in [5.41, 5.74) is 0.856. The number of amides is 1. The Labute approximate surface area is 119 Å². The number of hydrogen-bond donors (Lipinski definition) is 1. The predicted octanol–water partition coefficient (Wildman–Crippen LogP) is 0.821. The highest BCUT2D eigenvalue weighted by molar-refractivity contribution is 5.82. The van der Waals surface area contributed by atoms with E-state index in [1.807, 2.05) is 30.3 Å². The van der Waals surface area contributed by atoms with Crippen LogP contribution in [0.3, 0.4) is 0 Å². The number of nitrogens with one attached hydrogen (secondary N) is 1. The molecule has 1 fully saturated rings. The van der Waals surface area contributed by atoms with Crippen LogP contribution in [0.1, 0.15) is 11.7 Å². The number of methoxy groups -OCH3 is 1. The highest BCUT2D eigenvalue weighted by Gasteiger charge is 2.22. The van der Waals surface area contributed by atoms with E-state index in [1.165, 1.54) is 0 Å². The van der Waals surface area contributed by atoms with Crippen molar-refractivity contribution in [3.05, 3.63) is 35.9 Å². The number of ether oxygens (including phenoxy) is 2. The van der Waals surface area contributed by atoms with Crippen LogP contribution >= 0.6 is 0 Å². The topological polar surface area (TPSA) is 50.8 Å². The Morgan fingerprint density at radius 3 is 2.90 bits per heavy atom. The molecule has 1 aromatic rings. The van der Waals surface area contributed by atoms with E-state index in [1.54, 1.807) is 7.11 Å². The zero-order valence-corrected chi connectivity index (χ0v) is 12.0. The fraction of sp³-hybridized carbons (Fsp3) is 0.533.